The first-order chi connectivity index (χ1) is 10.2. The zero-order chi connectivity index (χ0) is 14.7. The smallest absolute Gasteiger partial charge is 0.109 e. The highest BCUT2D eigenvalue weighted by atomic mass is 15.0. The third kappa shape index (κ3) is 3.35. The molecule has 1 N–H and O–H groups in total. The van der Waals surface area contributed by atoms with Crippen LogP contribution in [0, 0.1) is 0 Å². The molecule has 1 aromatic carbocycles. The Hall–Kier alpha value is -1.61. The molecule has 0 fully saturated rings. The maximum absolute atomic E-state index is 4.37. The van der Waals surface area contributed by atoms with E-state index in [4.69, 9.17) is 0 Å². The minimum absolute atomic E-state index is 0.400. The van der Waals surface area contributed by atoms with Crippen LogP contribution in [0.5, 0.6) is 0 Å². The van der Waals surface area contributed by atoms with Crippen LogP contribution >= 0.6 is 0 Å². The second-order valence-electron chi connectivity index (χ2n) is 6.12. The van der Waals surface area contributed by atoms with Crippen LogP contribution < -0.4 is 5.32 Å². The molecule has 21 heavy (non-hydrogen) atoms. The largest absolute Gasteiger partial charge is 0.338 e. The van der Waals surface area contributed by atoms with Gasteiger partial charge in [-0.05, 0) is 49.3 Å². The molecule has 0 amide bonds. The van der Waals surface area contributed by atoms with Crippen LogP contribution in [0.3, 0.4) is 0 Å². The quantitative estimate of drug-likeness (QED) is 0.913. The molecule has 0 radical (unpaired) electrons. The van der Waals surface area contributed by atoms with E-state index in [0.717, 1.165) is 18.8 Å². The Labute approximate surface area is 127 Å². The second-order valence-corrected chi connectivity index (χ2v) is 6.12. The van der Waals surface area contributed by atoms with Gasteiger partial charge >= 0.3 is 0 Å². The summed E-state index contributed by atoms with van der Waals surface area (Å²) < 4.78 is 2.09. The molecule has 3 rings (SSSR count). The lowest BCUT2D eigenvalue weighted by Gasteiger charge is -2.20. The van der Waals surface area contributed by atoms with Crippen molar-refractivity contribution in [3.63, 3.8) is 0 Å². The van der Waals surface area contributed by atoms with Crippen molar-refractivity contribution in [3.05, 3.63) is 53.1 Å². The van der Waals surface area contributed by atoms with Crippen LogP contribution in [0.15, 0.2) is 30.6 Å². The summed E-state index contributed by atoms with van der Waals surface area (Å²) in [6, 6.07) is 7.44. The highest BCUT2D eigenvalue weighted by Gasteiger charge is 2.12. The van der Waals surface area contributed by atoms with Crippen molar-refractivity contribution in [2.45, 2.75) is 45.1 Å². The summed E-state index contributed by atoms with van der Waals surface area (Å²) >= 11 is 0. The lowest BCUT2D eigenvalue weighted by atomic mass is 9.89. The Kier molecular flexibility index (Phi) is 4.39. The van der Waals surface area contributed by atoms with Crippen molar-refractivity contribution in [2.75, 3.05) is 6.54 Å². The van der Waals surface area contributed by atoms with Crippen LogP contribution in [-0.2, 0) is 26.3 Å². The van der Waals surface area contributed by atoms with E-state index in [1.54, 1.807) is 11.1 Å². The van der Waals surface area contributed by atoms with E-state index < -0.39 is 0 Å². The number of hydrogen-bond acceptors (Lipinski definition) is 2. The molecule has 112 valence electrons. The summed E-state index contributed by atoms with van der Waals surface area (Å²) in [5.74, 6) is 1.14. The average Bonchev–Trinajstić information content (AvgIpc) is 2.92. The minimum Gasteiger partial charge on any atom is -0.338 e. The Morgan fingerprint density at radius 2 is 2.05 bits per heavy atom. The van der Waals surface area contributed by atoms with E-state index in [2.05, 4.69) is 47.0 Å². The molecule has 2 aromatic rings. The van der Waals surface area contributed by atoms with E-state index in [1.807, 2.05) is 12.4 Å². The molecule has 1 heterocycles. The van der Waals surface area contributed by atoms with Gasteiger partial charge in [-0.25, -0.2) is 4.98 Å². The maximum atomic E-state index is 4.37. The van der Waals surface area contributed by atoms with Crippen molar-refractivity contribution in [3.8, 4) is 0 Å². The monoisotopic (exact) mass is 283 g/mol. The van der Waals surface area contributed by atoms with Gasteiger partial charge in [0.2, 0.25) is 0 Å². The number of imidazole rings is 1. The van der Waals surface area contributed by atoms with Crippen molar-refractivity contribution >= 4 is 0 Å². The molecule has 1 aliphatic carbocycles. The number of benzene rings is 1. The van der Waals surface area contributed by atoms with E-state index in [0.29, 0.717) is 6.04 Å². The second kappa shape index (κ2) is 6.44. The van der Waals surface area contributed by atoms with Crippen LogP contribution in [0.25, 0.3) is 0 Å². The number of aromatic nitrogens is 2. The number of fused-ring (bicyclic) bond motifs is 1. The molecular formula is C18H25N3. The van der Waals surface area contributed by atoms with Gasteiger partial charge in [0.15, 0.2) is 0 Å². The third-order valence-electron chi connectivity index (χ3n) is 4.59. The summed E-state index contributed by atoms with van der Waals surface area (Å²) in [6.45, 7) is 3.21. The van der Waals surface area contributed by atoms with Crippen LogP contribution in [0.4, 0.5) is 0 Å². The number of aryl methyl sites for hydroxylation is 3. The van der Waals surface area contributed by atoms with Crippen molar-refractivity contribution in [1.82, 2.24) is 14.9 Å². The molecular weight excluding hydrogens is 258 g/mol. The van der Waals surface area contributed by atoms with Gasteiger partial charge in [-0.1, -0.05) is 18.2 Å². The van der Waals surface area contributed by atoms with Gasteiger partial charge in [0, 0.05) is 38.4 Å². The number of rotatable bonds is 5. The van der Waals surface area contributed by atoms with Crippen molar-refractivity contribution < 1.29 is 0 Å². The first-order valence-corrected chi connectivity index (χ1v) is 8.05. The van der Waals surface area contributed by atoms with Gasteiger partial charge in [-0.2, -0.15) is 0 Å². The van der Waals surface area contributed by atoms with Gasteiger partial charge in [-0.3, -0.25) is 0 Å². The predicted molar refractivity (Wildman–Crippen MR) is 86.4 cm³/mol. The van der Waals surface area contributed by atoms with Crippen LogP contribution in [0.2, 0.25) is 0 Å². The first kappa shape index (κ1) is 14.3. The lowest BCUT2D eigenvalue weighted by molar-refractivity contribution is 0.563. The fraction of sp³-hybridized carbons (Fsp3) is 0.500. The third-order valence-corrected chi connectivity index (χ3v) is 4.59. The molecule has 3 nitrogen and oxygen atoms in total. The van der Waals surface area contributed by atoms with Crippen LogP contribution in [-0.4, -0.2) is 16.1 Å². The van der Waals surface area contributed by atoms with E-state index in [-0.39, 0.29) is 0 Å². The molecule has 1 aliphatic rings. The summed E-state index contributed by atoms with van der Waals surface area (Å²) in [6.07, 6.45) is 10.0. The van der Waals surface area contributed by atoms with Gasteiger partial charge in [0.1, 0.15) is 5.82 Å². The van der Waals surface area contributed by atoms with Crippen molar-refractivity contribution in [2.24, 2.45) is 7.05 Å². The zero-order valence-corrected chi connectivity index (χ0v) is 13.1. The first-order valence-electron chi connectivity index (χ1n) is 8.05. The van der Waals surface area contributed by atoms with Crippen LogP contribution in [0.1, 0.15) is 48.3 Å². The average molecular weight is 283 g/mol. The molecule has 0 bridgehead atoms. The Morgan fingerprint density at radius 3 is 2.81 bits per heavy atom. The molecule has 0 saturated heterocycles. The van der Waals surface area contributed by atoms with E-state index >= 15 is 0 Å². The summed E-state index contributed by atoms with van der Waals surface area (Å²) in [7, 11) is 2.05. The topological polar surface area (TPSA) is 29.9 Å². The molecule has 1 unspecified atom stereocenters. The predicted octanol–water partition coefficient (Wildman–Crippen LogP) is 3.19. The molecule has 3 heteroatoms. The molecule has 1 aromatic heterocycles. The van der Waals surface area contributed by atoms with Gasteiger partial charge in [-0.15, -0.1) is 0 Å². The zero-order valence-electron chi connectivity index (χ0n) is 13.1. The normalized spacial score (nSPS) is 15.7. The molecule has 1 atom stereocenters. The highest BCUT2D eigenvalue weighted by Crippen LogP contribution is 2.24. The Balaban J connectivity index is 1.58. The van der Waals surface area contributed by atoms with E-state index in [9.17, 15) is 0 Å². The van der Waals surface area contributed by atoms with Crippen molar-refractivity contribution in [1.29, 1.82) is 0 Å². The minimum atomic E-state index is 0.400. The summed E-state index contributed by atoms with van der Waals surface area (Å²) in [4.78, 5) is 4.37. The molecule has 0 aliphatic heterocycles. The van der Waals surface area contributed by atoms with Gasteiger partial charge in [0.25, 0.3) is 0 Å². The fourth-order valence-electron chi connectivity index (χ4n) is 3.18. The van der Waals surface area contributed by atoms with Gasteiger partial charge in [0.05, 0.1) is 0 Å². The Bertz CT molecular complexity index is 600. The number of nitrogens with zero attached hydrogens (tertiary/aromatic N) is 2. The molecule has 0 spiro atoms. The maximum Gasteiger partial charge on any atom is 0.109 e. The fourth-order valence-corrected chi connectivity index (χ4v) is 3.18. The number of nitrogens with one attached hydrogen (secondary N) is 1. The lowest BCUT2D eigenvalue weighted by Crippen LogP contribution is -2.22. The standard InChI is InChI=1S/C18H25N3/c1-14(19-10-9-18-20-11-12-21(18)2)16-8-7-15-5-3-4-6-17(15)13-16/h7-8,11-14,19H,3-6,9-10H2,1-2H3. The Morgan fingerprint density at radius 1 is 1.24 bits per heavy atom. The van der Waals surface area contributed by atoms with Gasteiger partial charge < -0.3 is 9.88 Å². The summed E-state index contributed by atoms with van der Waals surface area (Å²) in [5, 5.41) is 3.62. The summed E-state index contributed by atoms with van der Waals surface area (Å²) in [5.41, 5.74) is 4.54. The number of hydrogen-bond donors (Lipinski definition) is 1. The van der Waals surface area contributed by atoms with E-state index in [1.165, 1.54) is 31.2 Å². The molecule has 0 saturated carbocycles. The SMILES string of the molecule is CC(NCCc1nccn1C)c1ccc2c(c1)CCCC2. The highest BCUT2D eigenvalue weighted by molar-refractivity contribution is 5.35.